The van der Waals surface area contributed by atoms with E-state index in [0.717, 1.165) is 18.6 Å². The molecular weight excluding hydrogens is 208 g/mol. The minimum absolute atomic E-state index is 0.230. The van der Waals surface area contributed by atoms with Crippen LogP contribution in [0, 0.1) is 11.8 Å². The standard InChI is InChI=1S/C16H22O/c1-5-6-7-8-14(4)15-9-11-16(12-10-15)17-13(2)3/h9-14H,5,8H2,1-4H3. The molecule has 0 aliphatic carbocycles. The summed E-state index contributed by atoms with van der Waals surface area (Å²) in [7, 11) is 0. The van der Waals surface area contributed by atoms with E-state index in [0.29, 0.717) is 5.92 Å². The molecule has 0 heterocycles. The first-order valence-corrected chi connectivity index (χ1v) is 6.35. The van der Waals surface area contributed by atoms with Crippen molar-refractivity contribution in [3.8, 4) is 17.6 Å². The van der Waals surface area contributed by atoms with E-state index in [1.54, 1.807) is 0 Å². The minimum atomic E-state index is 0.230. The Balaban J connectivity index is 2.60. The van der Waals surface area contributed by atoms with Gasteiger partial charge in [0.05, 0.1) is 6.10 Å². The summed E-state index contributed by atoms with van der Waals surface area (Å²) in [5.41, 5.74) is 1.33. The van der Waals surface area contributed by atoms with Crippen LogP contribution in [0.3, 0.4) is 0 Å². The van der Waals surface area contributed by atoms with E-state index in [1.165, 1.54) is 5.56 Å². The van der Waals surface area contributed by atoms with Crippen molar-refractivity contribution in [2.24, 2.45) is 0 Å². The lowest BCUT2D eigenvalue weighted by Crippen LogP contribution is -2.05. The summed E-state index contributed by atoms with van der Waals surface area (Å²) in [5.74, 6) is 7.74. The molecule has 1 aromatic rings. The summed E-state index contributed by atoms with van der Waals surface area (Å²) < 4.78 is 5.62. The van der Waals surface area contributed by atoms with Gasteiger partial charge in [-0.15, -0.1) is 11.8 Å². The Bertz CT molecular complexity index is 378. The molecule has 1 heteroatoms. The zero-order valence-electron chi connectivity index (χ0n) is 11.3. The molecule has 1 atom stereocenters. The number of benzene rings is 1. The molecule has 17 heavy (non-hydrogen) atoms. The van der Waals surface area contributed by atoms with Crippen molar-refractivity contribution in [2.45, 2.75) is 52.6 Å². The molecule has 0 fully saturated rings. The van der Waals surface area contributed by atoms with Gasteiger partial charge in [0.25, 0.3) is 0 Å². The summed E-state index contributed by atoms with van der Waals surface area (Å²) in [5, 5.41) is 0. The first kappa shape index (κ1) is 13.6. The Morgan fingerprint density at radius 1 is 1.06 bits per heavy atom. The van der Waals surface area contributed by atoms with E-state index >= 15 is 0 Å². The predicted molar refractivity (Wildman–Crippen MR) is 73.3 cm³/mol. The Kier molecular flexibility index (Phi) is 5.63. The third-order valence-corrected chi connectivity index (χ3v) is 2.53. The molecule has 1 rings (SSSR count). The Morgan fingerprint density at radius 3 is 2.24 bits per heavy atom. The van der Waals surface area contributed by atoms with Crippen LogP contribution >= 0.6 is 0 Å². The van der Waals surface area contributed by atoms with Gasteiger partial charge in [0, 0.05) is 12.8 Å². The van der Waals surface area contributed by atoms with Gasteiger partial charge in [0.15, 0.2) is 0 Å². The van der Waals surface area contributed by atoms with E-state index in [4.69, 9.17) is 4.74 Å². The van der Waals surface area contributed by atoms with Crippen LogP contribution in [0.5, 0.6) is 5.75 Å². The maximum Gasteiger partial charge on any atom is 0.119 e. The number of rotatable bonds is 4. The highest BCUT2D eigenvalue weighted by molar-refractivity contribution is 5.30. The average molecular weight is 230 g/mol. The van der Waals surface area contributed by atoms with Gasteiger partial charge in [-0.2, -0.15) is 0 Å². The van der Waals surface area contributed by atoms with E-state index in [9.17, 15) is 0 Å². The minimum Gasteiger partial charge on any atom is -0.491 e. The molecule has 1 aromatic carbocycles. The number of hydrogen-bond donors (Lipinski definition) is 0. The van der Waals surface area contributed by atoms with Gasteiger partial charge < -0.3 is 4.74 Å². The Hall–Kier alpha value is -1.42. The van der Waals surface area contributed by atoms with Crippen LogP contribution in [-0.4, -0.2) is 6.10 Å². The average Bonchev–Trinajstić information content (AvgIpc) is 2.29. The van der Waals surface area contributed by atoms with Crippen molar-refractivity contribution in [1.82, 2.24) is 0 Å². The van der Waals surface area contributed by atoms with E-state index in [2.05, 4.69) is 37.8 Å². The molecule has 0 amide bonds. The van der Waals surface area contributed by atoms with Gasteiger partial charge in [-0.1, -0.05) is 26.0 Å². The first-order valence-electron chi connectivity index (χ1n) is 6.35. The molecule has 0 aliphatic rings. The zero-order valence-corrected chi connectivity index (χ0v) is 11.3. The molecule has 1 unspecified atom stereocenters. The number of hydrogen-bond acceptors (Lipinski definition) is 1. The maximum absolute atomic E-state index is 5.62. The first-order chi connectivity index (χ1) is 8.13. The van der Waals surface area contributed by atoms with Gasteiger partial charge in [-0.05, 0) is 37.5 Å². The highest BCUT2D eigenvalue weighted by Crippen LogP contribution is 2.22. The van der Waals surface area contributed by atoms with Crippen molar-refractivity contribution in [1.29, 1.82) is 0 Å². The fourth-order valence-electron chi connectivity index (χ4n) is 1.62. The molecule has 0 saturated heterocycles. The van der Waals surface area contributed by atoms with Gasteiger partial charge >= 0.3 is 0 Å². The van der Waals surface area contributed by atoms with Crippen molar-refractivity contribution < 1.29 is 4.74 Å². The van der Waals surface area contributed by atoms with Crippen LogP contribution in [-0.2, 0) is 0 Å². The molecule has 0 saturated carbocycles. The van der Waals surface area contributed by atoms with Crippen LogP contribution in [0.1, 0.15) is 52.0 Å². The lowest BCUT2D eigenvalue weighted by molar-refractivity contribution is 0.242. The molecule has 0 N–H and O–H groups in total. The van der Waals surface area contributed by atoms with Gasteiger partial charge in [-0.25, -0.2) is 0 Å². The lowest BCUT2D eigenvalue weighted by Gasteiger charge is -2.12. The molecular formula is C16H22O. The third-order valence-electron chi connectivity index (χ3n) is 2.53. The molecule has 0 spiro atoms. The number of ether oxygens (including phenoxy) is 1. The van der Waals surface area contributed by atoms with E-state index < -0.39 is 0 Å². The summed E-state index contributed by atoms with van der Waals surface area (Å²) in [6.45, 7) is 8.37. The quantitative estimate of drug-likeness (QED) is 0.697. The van der Waals surface area contributed by atoms with Crippen LogP contribution in [0.15, 0.2) is 24.3 Å². The molecule has 0 radical (unpaired) electrons. The van der Waals surface area contributed by atoms with Gasteiger partial charge in [-0.3, -0.25) is 0 Å². The highest BCUT2D eigenvalue weighted by Gasteiger charge is 2.04. The fourth-order valence-corrected chi connectivity index (χ4v) is 1.62. The predicted octanol–water partition coefficient (Wildman–Crippen LogP) is 4.38. The van der Waals surface area contributed by atoms with Crippen molar-refractivity contribution in [2.75, 3.05) is 0 Å². The van der Waals surface area contributed by atoms with Crippen LogP contribution in [0.4, 0.5) is 0 Å². The SMILES string of the molecule is CCC#CCC(C)c1ccc(OC(C)C)cc1. The normalized spacial score (nSPS) is 11.8. The fraction of sp³-hybridized carbons (Fsp3) is 0.500. The van der Waals surface area contributed by atoms with E-state index in [1.807, 2.05) is 26.0 Å². The summed E-state index contributed by atoms with van der Waals surface area (Å²) in [4.78, 5) is 0. The van der Waals surface area contributed by atoms with Gasteiger partial charge in [0.1, 0.15) is 5.75 Å². The largest absolute Gasteiger partial charge is 0.491 e. The summed E-state index contributed by atoms with van der Waals surface area (Å²) in [6.07, 6.45) is 2.10. The second-order valence-corrected chi connectivity index (χ2v) is 4.55. The maximum atomic E-state index is 5.62. The molecule has 92 valence electrons. The molecule has 0 aliphatic heterocycles. The summed E-state index contributed by atoms with van der Waals surface area (Å²) in [6, 6.07) is 8.35. The second-order valence-electron chi connectivity index (χ2n) is 4.55. The molecule has 0 aromatic heterocycles. The molecule has 1 nitrogen and oxygen atoms in total. The Labute approximate surface area is 105 Å². The van der Waals surface area contributed by atoms with Gasteiger partial charge in [0.2, 0.25) is 0 Å². The van der Waals surface area contributed by atoms with E-state index in [-0.39, 0.29) is 6.10 Å². The molecule has 0 bridgehead atoms. The smallest absolute Gasteiger partial charge is 0.119 e. The highest BCUT2D eigenvalue weighted by atomic mass is 16.5. The van der Waals surface area contributed by atoms with Crippen LogP contribution in [0.25, 0.3) is 0 Å². The van der Waals surface area contributed by atoms with Crippen LogP contribution in [0.2, 0.25) is 0 Å². The lowest BCUT2D eigenvalue weighted by atomic mass is 9.98. The third kappa shape index (κ3) is 4.95. The topological polar surface area (TPSA) is 9.23 Å². The van der Waals surface area contributed by atoms with Crippen molar-refractivity contribution in [3.05, 3.63) is 29.8 Å². The monoisotopic (exact) mass is 230 g/mol. The van der Waals surface area contributed by atoms with Crippen molar-refractivity contribution >= 4 is 0 Å². The van der Waals surface area contributed by atoms with Crippen molar-refractivity contribution in [3.63, 3.8) is 0 Å². The summed E-state index contributed by atoms with van der Waals surface area (Å²) >= 11 is 0. The second kappa shape index (κ2) is 7.01. The Morgan fingerprint density at radius 2 is 1.71 bits per heavy atom. The zero-order chi connectivity index (χ0) is 12.7. The van der Waals surface area contributed by atoms with Crippen LogP contribution < -0.4 is 4.74 Å².